The fourth-order valence-corrected chi connectivity index (χ4v) is 2.36. The number of carbonyl (C=O) groups is 3. The quantitative estimate of drug-likeness (QED) is 0.592. The van der Waals surface area contributed by atoms with E-state index >= 15 is 0 Å². The highest BCUT2D eigenvalue weighted by Crippen LogP contribution is 2.20. The first kappa shape index (κ1) is 19.4. The molecule has 7 heteroatoms. The zero-order chi connectivity index (χ0) is 19.1. The Kier molecular flexibility index (Phi) is 6.68. The van der Waals surface area contributed by atoms with Crippen molar-refractivity contribution in [2.75, 3.05) is 19.5 Å². The van der Waals surface area contributed by atoms with Crippen LogP contribution in [0, 0.1) is 0 Å². The van der Waals surface area contributed by atoms with E-state index in [1.807, 2.05) is 24.3 Å². The summed E-state index contributed by atoms with van der Waals surface area (Å²) in [6.45, 7) is 0. The second-order valence-electron chi connectivity index (χ2n) is 5.12. The zero-order valence-corrected chi connectivity index (χ0v) is 15.7. The second kappa shape index (κ2) is 8.96. The molecule has 134 valence electrons. The fraction of sp³-hybridized carbons (Fsp3) is 0.105. The molecule has 0 aromatic heterocycles. The monoisotopic (exact) mass is 417 g/mol. The van der Waals surface area contributed by atoms with Crippen LogP contribution in [0.2, 0.25) is 0 Å². The molecule has 2 aromatic carbocycles. The molecule has 0 saturated carbocycles. The minimum atomic E-state index is -0.631. The van der Waals surface area contributed by atoms with E-state index in [1.165, 1.54) is 38.5 Å². The predicted octanol–water partition coefficient (Wildman–Crippen LogP) is 3.67. The van der Waals surface area contributed by atoms with Crippen LogP contribution < -0.4 is 5.32 Å². The number of nitrogens with one attached hydrogen (secondary N) is 1. The molecule has 0 saturated heterocycles. The summed E-state index contributed by atoms with van der Waals surface area (Å²) in [4.78, 5) is 35.7. The molecular weight excluding hydrogens is 402 g/mol. The van der Waals surface area contributed by atoms with Crippen LogP contribution in [-0.4, -0.2) is 32.1 Å². The van der Waals surface area contributed by atoms with Gasteiger partial charge < -0.3 is 14.8 Å². The van der Waals surface area contributed by atoms with Crippen molar-refractivity contribution in [2.24, 2.45) is 0 Å². The summed E-state index contributed by atoms with van der Waals surface area (Å²) >= 11 is 3.34. The average Bonchev–Trinajstić information content (AvgIpc) is 2.66. The van der Waals surface area contributed by atoms with Crippen molar-refractivity contribution in [1.29, 1.82) is 0 Å². The number of methoxy groups -OCH3 is 2. The van der Waals surface area contributed by atoms with Gasteiger partial charge in [0, 0.05) is 10.5 Å². The normalized spacial score (nSPS) is 10.4. The first-order valence-electron chi connectivity index (χ1n) is 7.50. The summed E-state index contributed by atoms with van der Waals surface area (Å²) in [6, 6.07) is 11.6. The molecule has 0 bridgehead atoms. The van der Waals surface area contributed by atoms with Crippen molar-refractivity contribution in [3.05, 3.63) is 69.7 Å². The van der Waals surface area contributed by atoms with Crippen molar-refractivity contribution >= 4 is 45.5 Å². The van der Waals surface area contributed by atoms with E-state index in [0.717, 1.165) is 10.0 Å². The average molecular weight is 418 g/mol. The third-order valence-electron chi connectivity index (χ3n) is 3.40. The molecule has 0 atom stereocenters. The molecule has 0 aliphatic carbocycles. The van der Waals surface area contributed by atoms with E-state index in [2.05, 4.69) is 26.0 Å². The molecule has 0 fully saturated rings. The summed E-state index contributed by atoms with van der Waals surface area (Å²) in [5.74, 6) is -1.67. The molecule has 0 unspecified atom stereocenters. The number of amides is 1. The lowest BCUT2D eigenvalue weighted by molar-refractivity contribution is -0.111. The minimum absolute atomic E-state index is 0.130. The van der Waals surface area contributed by atoms with Crippen molar-refractivity contribution in [2.45, 2.75) is 0 Å². The van der Waals surface area contributed by atoms with Crippen LogP contribution >= 0.6 is 15.9 Å². The molecule has 0 spiro atoms. The Morgan fingerprint density at radius 1 is 0.962 bits per heavy atom. The van der Waals surface area contributed by atoms with Crippen LogP contribution in [-0.2, 0) is 14.3 Å². The van der Waals surface area contributed by atoms with Crippen molar-refractivity contribution in [1.82, 2.24) is 0 Å². The summed E-state index contributed by atoms with van der Waals surface area (Å²) in [7, 11) is 2.48. The van der Waals surface area contributed by atoms with Crippen LogP contribution in [0.1, 0.15) is 26.3 Å². The first-order chi connectivity index (χ1) is 12.4. The topological polar surface area (TPSA) is 81.7 Å². The summed E-state index contributed by atoms with van der Waals surface area (Å²) in [5, 5.41) is 2.58. The third-order valence-corrected chi connectivity index (χ3v) is 3.93. The van der Waals surface area contributed by atoms with Gasteiger partial charge in [-0.15, -0.1) is 0 Å². The van der Waals surface area contributed by atoms with Gasteiger partial charge in [0.1, 0.15) is 0 Å². The van der Waals surface area contributed by atoms with E-state index < -0.39 is 17.8 Å². The first-order valence-corrected chi connectivity index (χ1v) is 8.29. The lowest BCUT2D eigenvalue weighted by Gasteiger charge is -2.10. The van der Waals surface area contributed by atoms with Gasteiger partial charge in [0.05, 0.1) is 31.0 Å². The van der Waals surface area contributed by atoms with Crippen LogP contribution in [0.25, 0.3) is 6.08 Å². The van der Waals surface area contributed by atoms with E-state index in [1.54, 1.807) is 6.08 Å². The number of rotatable bonds is 5. The SMILES string of the molecule is COC(=O)c1ccc(C(=O)OC)c(NC(=O)C=Cc2ccc(Br)cc2)c1. The maximum Gasteiger partial charge on any atom is 0.339 e. The van der Waals surface area contributed by atoms with Gasteiger partial charge in [0.25, 0.3) is 0 Å². The van der Waals surface area contributed by atoms with Gasteiger partial charge >= 0.3 is 11.9 Å². The standard InChI is InChI=1S/C19H16BrNO5/c1-25-18(23)13-6-9-15(19(24)26-2)16(11-13)21-17(22)10-5-12-3-7-14(20)8-4-12/h3-11H,1-2H3,(H,21,22). The highest BCUT2D eigenvalue weighted by atomic mass is 79.9. The Morgan fingerprint density at radius 2 is 1.62 bits per heavy atom. The van der Waals surface area contributed by atoms with Gasteiger partial charge in [-0.05, 0) is 42.0 Å². The van der Waals surface area contributed by atoms with Crippen LogP contribution in [0.4, 0.5) is 5.69 Å². The molecule has 6 nitrogen and oxygen atoms in total. The Balaban J connectivity index is 2.24. The molecule has 1 amide bonds. The maximum absolute atomic E-state index is 12.2. The van der Waals surface area contributed by atoms with Crippen LogP contribution in [0.3, 0.4) is 0 Å². The number of halogens is 1. The van der Waals surface area contributed by atoms with Crippen molar-refractivity contribution in [3.8, 4) is 0 Å². The fourth-order valence-electron chi connectivity index (χ4n) is 2.10. The molecule has 1 N–H and O–H groups in total. The Hall–Kier alpha value is -2.93. The predicted molar refractivity (Wildman–Crippen MR) is 101 cm³/mol. The van der Waals surface area contributed by atoms with Gasteiger partial charge in [-0.25, -0.2) is 9.59 Å². The van der Waals surface area contributed by atoms with Gasteiger partial charge in [-0.1, -0.05) is 28.1 Å². The number of esters is 2. The van der Waals surface area contributed by atoms with E-state index in [-0.39, 0.29) is 16.8 Å². The largest absolute Gasteiger partial charge is 0.465 e. The van der Waals surface area contributed by atoms with Crippen LogP contribution in [0.5, 0.6) is 0 Å². The molecule has 2 rings (SSSR count). The summed E-state index contributed by atoms with van der Waals surface area (Å²) < 4.78 is 10.3. The molecule has 26 heavy (non-hydrogen) atoms. The number of hydrogen-bond donors (Lipinski definition) is 1. The Labute approximate surface area is 158 Å². The molecule has 0 radical (unpaired) electrons. The summed E-state index contributed by atoms with van der Waals surface area (Å²) in [6.07, 6.45) is 2.96. The lowest BCUT2D eigenvalue weighted by Crippen LogP contribution is -2.14. The third kappa shape index (κ3) is 5.03. The van der Waals surface area contributed by atoms with Gasteiger partial charge in [0.15, 0.2) is 0 Å². The van der Waals surface area contributed by atoms with Crippen LogP contribution in [0.15, 0.2) is 53.0 Å². The second-order valence-corrected chi connectivity index (χ2v) is 6.03. The Morgan fingerprint density at radius 3 is 2.23 bits per heavy atom. The molecule has 0 aliphatic heterocycles. The van der Waals surface area contributed by atoms with Crippen molar-refractivity contribution < 1.29 is 23.9 Å². The number of anilines is 1. The minimum Gasteiger partial charge on any atom is -0.465 e. The Bertz CT molecular complexity index is 859. The number of benzene rings is 2. The van der Waals surface area contributed by atoms with Gasteiger partial charge in [0.2, 0.25) is 5.91 Å². The van der Waals surface area contributed by atoms with E-state index in [0.29, 0.717) is 0 Å². The molecular formula is C19H16BrNO5. The molecule has 2 aromatic rings. The zero-order valence-electron chi connectivity index (χ0n) is 14.1. The number of carbonyl (C=O) groups excluding carboxylic acids is 3. The van der Waals surface area contributed by atoms with E-state index in [9.17, 15) is 14.4 Å². The summed E-state index contributed by atoms with van der Waals surface area (Å²) in [5.41, 5.74) is 1.32. The van der Waals surface area contributed by atoms with Crippen molar-refractivity contribution in [3.63, 3.8) is 0 Å². The number of hydrogen-bond acceptors (Lipinski definition) is 5. The maximum atomic E-state index is 12.2. The molecule has 0 heterocycles. The molecule has 0 aliphatic rings. The number of ether oxygens (including phenoxy) is 2. The van der Waals surface area contributed by atoms with E-state index in [4.69, 9.17) is 4.74 Å². The van der Waals surface area contributed by atoms with Gasteiger partial charge in [-0.2, -0.15) is 0 Å². The highest BCUT2D eigenvalue weighted by Gasteiger charge is 2.16. The lowest BCUT2D eigenvalue weighted by atomic mass is 10.1. The van der Waals surface area contributed by atoms with Gasteiger partial charge in [-0.3, -0.25) is 4.79 Å². The highest BCUT2D eigenvalue weighted by molar-refractivity contribution is 9.10. The smallest absolute Gasteiger partial charge is 0.339 e.